The lowest BCUT2D eigenvalue weighted by atomic mass is 9.98. The molecule has 0 aliphatic carbocycles. The molecule has 1 aromatic carbocycles. The molecular weight excluding hydrogens is 688 g/mol. The van der Waals surface area contributed by atoms with Gasteiger partial charge in [-0.05, 0) is 74.6 Å². The highest BCUT2D eigenvalue weighted by atomic mass is 16.4. The van der Waals surface area contributed by atoms with E-state index >= 15 is 0 Å². The molecule has 296 valence electrons. The molecule has 12 N–H and O–H groups in total. The molecule has 1 saturated heterocycles. The molecule has 0 aromatic heterocycles. The van der Waals surface area contributed by atoms with Gasteiger partial charge in [-0.2, -0.15) is 0 Å². The minimum atomic E-state index is -1.57. The summed E-state index contributed by atoms with van der Waals surface area (Å²) in [6, 6.07) is -1.26. The second-order valence-electron chi connectivity index (χ2n) is 14.1. The van der Waals surface area contributed by atoms with E-state index in [9.17, 15) is 43.8 Å². The summed E-state index contributed by atoms with van der Waals surface area (Å²) in [5.41, 5.74) is 17.7. The number of carbonyl (C=O) groups excluding carboxylic acids is 6. The topological polar surface area (TPSA) is 289 Å². The first-order valence-corrected chi connectivity index (χ1v) is 18.2. The summed E-state index contributed by atoms with van der Waals surface area (Å²) in [6.45, 7) is 8.02. The minimum Gasteiger partial charge on any atom is -0.508 e. The number of benzene rings is 1. The Kier molecular flexibility index (Phi) is 18.2. The van der Waals surface area contributed by atoms with E-state index in [2.05, 4.69) is 21.3 Å². The van der Waals surface area contributed by atoms with Gasteiger partial charge < -0.3 is 53.6 Å². The fourth-order valence-electron chi connectivity index (χ4n) is 6.03. The molecular formula is C36H58N8O9. The second kappa shape index (κ2) is 21.7. The average molecular weight is 747 g/mol. The summed E-state index contributed by atoms with van der Waals surface area (Å²) in [4.78, 5) is 92.9. The predicted molar refractivity (Wildman–Crippen MR) is 196 cm³/mol. The van der Waals surface area contributed by atoms with Crippen LogP contribution in [0.5, 0.6) is 5.75 Å². The van der Waals surface area contributed by atoms with Crippen molar-refractivity contribution < 1.29 is 43.8 Å². The summed E-state index contributed by atoms with van der Waals surface area (Å²) >= 11 is 0. The van der Waals surface area contributed by atoms with Crippen LogP contribution in [0.1, 0.15) is 84.6 Å². The number of phenols is 1. The Morgan fingerprint density at radius 2 is 1.47 bits per heavy atom. The van der Waals surface area contributed by atoms with Gasteiger partial charge in [0.05, 0.1) is 12.5 Å². The van der Waals surface area contributed by atoms with E-state index in [0.29, 0.717) is 50.6 Å². The largest absolute Gasteiger partial charge is 0.508 e. The molecule has 7 atom stereocenters. The molecule has 1 aromatic rings. The van der Waals surface area contributed by atoms with Gasteiger partial charge in [0.25, 0.3) is 0 Å². The first-order chi connectivity index (χ1) is 25.0. The quantitative estimate of drug-likeness (QED) is 0.0674. The third-order valence-electron chi connectivity index (χ3n) is 9.33. The number of hydrogen-bond acceptors (Lipinski definition) is 10. The van der Waals surface area contributed by atoms with Crippen LogP contribution < -0.4 is 38.5 Å². The number of rotatable bonds is 22. The number of primary amides is 1. The van der Waals surface area contributed by atoms with Gasteiger partial charge in [-0.3, -0.25) is 28.8 Å². The molecule has 1 heterocycles. The Balaban J connectivity index is 2.24. The van der Waals surface area contributed by atoms with Crippen LogP contribution in [0.2, 0.25) is 0 Å². The average Bonchev–Trinajstić information content (AvgIpc) is 3.60. The van der Waals surface area contributed by atoms with E-state index in [0.717, 1.165) is 0 Å². The van der Waals surface area contributed by atoms with Crippen molar-refractivity contribution in [3.05, 3.63) is 29.8 Å². The van der Waals surface area contributed by atoms with Crippen molar-refractivity contribution in [2.75, 3.05) is 13.1 Å². The number of unbranched alkanes of at least 4 members (excludes halogenated alkanes) is 1. The maximum Gasteiger partial charge on any atom is 0.326 e. The molecule has 0 bridgehead atoms. The van der Waals surface area contributed by atoms with E-state index in [1.807, 2.05) is 27.7 Å². The summed E-state index contributed by atoms with van der Waals surface area (Å²) in [6.07, 6.45) is 2.22. The Hall–Kier alpha value is -4.77. The number of nitrogens with one attached hydrogen (secondary N) is 4. The SMILES string of the molecule is CC[C@H](C)[C@H](N)C(=O)N[C@@H](CCCCN)C(=O)N1CCC[C@H]1C(=O)N[C@@H](CC(C)C)C(=O)N[C@@H](CC(N)=O)C(=O)N[C@@H](Cc1ccc(O)cc1)C(=O)O. The van der Waals surface area contributed by atoms with Gasteiger partial charge in [-0.1, -0.05) is 46.2 Å². The normalized spacial score (nSPS) is 17.5. The monoisotopic (exact) mass is 746 g/mol. The minimum absolute atomic E-state index is 0.0297. The van der Waals surface area contributed by atoms with Gasteiger partial charge in [0, 0.05) is 13.0 Å². The van der Waals surface area contributed by atoms with Crippen LogP contribution in [-0.4, -0.2) is 106 Å². The number of aromatic hydroxyl groups is 1. The van der Waals surface area contributed by atoms with Gasteiger partial charge >= 0.3 is 5.97 Å². The van der Waals surface area contributed by atoms with Crippen LogP contribution in [0.25, 0.3) is 0 Å². The van der Waals surface area contributed by atoms with Crippen LogP contribution in [-0.2, 0) is 40.0 Å². The molecule has 1 aliphatic heterocycles. The highest BCUT2D eigenvalue weighted by molar-refractivity contribution is 5.97. The van der Waals surface area contributed by atoms with Crippen molar-refractivity contribution in [3.8, 4) is 5.75 Å². The van der Waals surface area contributed by atoms with Crippen LogP contribution >= 0.6 is 0 Å². The van der Waals surface area contributed by atoms with Crippen molar-refractivity contribution in [1.29, 1.82) is 0 Å². The summed E-state index contributed by atoms with van der Waals surface area (Å²) in [7, 11) is 0. The Morgan fingerprint density at radius 1 is 0.868 bits per heavy atom. The number of hydrogen-bond donors (Lipinski definition) is 9. The lowest BCUT2D eigenvalue weighted by molar-refractivity contribution is -0.143. The zero-order chi connectivity index (χ0) is 39.8. The molecule has 6 amide bonds. The standard InChI is InChI=1S/C36H58N8O9/c1-5-21(4)30(39)34(50)40-24(9-6-7-15-37)35(51)44-16-8-10-28(44)33(49)42-25(17-20(2)3)31(47)41-26(19-29(38)46)32(48)43-27(36(52)53)18-22-11-13-23(45)14-12-22/h11-14,20-21,24-28,30,45H,5-10,15-19,37,39H2,1-4H3,(H2,38,46)(H,40,50)(H,41,47)(H,42,49)(H,43,48)(H,52,53)/t21-,24-,25-,26-,27-,28-,30-/m0/s1. The van der Waals surface area contributed by atoms with Crippen molar-refractivity contribution >= 4 is 41.4 Å². The number of likely N-dealkylation sites (tertiary alicyclic amines) is 1. The highest BCUT2D eigenvalue weighted by Crippen LogP contribution is 2.21. The second-order valence-corrected chi connectivity index (χ2v) is 14.1. The number of nitrogens with zero attached hydrogens (tertiary/aromatic N) is 1. The fraction of sp³-hybridized carbons (Fsp3) is 0.639. The molecule has 0 saturated carbocycles. The third kappa shape index (κ3) is 14.3. The number of carbonyl (C=O) groups is 7. The van der Waals surface area contributed by atoms with E-state index in [1.54, 1.807) is 0 Å². The highest BCUT2D eigenvalue weighted by Gasteiger charge is 2.40. The zero-order valence-electron chi connectivity index (χ0n) is 31.1. The lowest BCUT2D eigenvalue weighted by Crippen LogP contribution is -2.59. The van der Waals surface area contributed by atoms with Crippen LogP contribution in [0.4, 0.5) is 0 Å². The molecule has 1 aliphatic rings. The lowest BCUT2D eigenvalue weighted by Gasteiger charge is -2.31. The maximum absolute atomic E-state index is 13.9. The van der Waals surface area contributed by atoms with Gasteiger partial charge in [-0.15, -0.1) is 0 Å². The van der Waals surface area contributed by atoms with E-state index in [4.69, 9.17) is 17.2 Å². The Bertz CT molecular complexity index is 1420. The van der Waals surface area contributed by atoms with Gasteiger partial charge in [0.15, 0.2) is 0 Å². The number of amides is 6. The predicted octanol–water partition coefficient (Wildman–Crippen LogP) is -0.627. The molecule has 1 fully saturated rings. The summed E-state index contributed by atoms with van der Waals surface area (Å²) in [5.74, 6) is -5.95. The molecule has 53 heavy (non-hydrogen) atoms. The zero-order valence-corrected chi connectivity index (χ0v) is 31.1. The maximum atomic E-state index is 13.9. The van der Waals surface area contributed by atoms with Crippen LogP contribution in [0.15, 0.2) is 24.3 Å². The Morgan fingerprint density at radius 3 is 2.04 bits per heavy atom. The van der Waals surface area contributed by atoms with Crippen LogP contribution in [0, 0.1) is 11.8 Å². The molecule has 0 unspecified atom stereocenters. The number of carboxylic acids is 1. The third-order valence-corrected chi connectivity index (χ3v) is 9.33. The summed E-state index contributed by atoms with van der Waals surface area (Å²) in [5, 5.41) is 29.6. The van der Waals surface area contributed by atoms with Gasteiger partial charge in [0.1, 0.15) is 36.0 Å². The number of nitrogens with two attached hydrogens (primary N) is 3. The summed E-state index contributed by atoms with van der Waals surface area (Å²) < 4.78 is 0. The van der Waals surface area contributed by atoms with E-state index in [1.165, 1.54) is 29.2 Å². The fourth-order valence-corrected chi connectivity index (χ4v) is 6.03. The molecule has 17 nitrogen and oxygen atoms in total. The number of phenolic OH excluding ortho intramolecular Hbond substituents is 1. The number of carboxylic acid groups (broad SMARTS) is 1. The molecule has 0 radical (unpaired) electrons. The van der Waals surface area contributed by atoms with E-state index < -0.39 is 84.1 Å². The van der Waals surface area contributed by atoms with Crippen LogP contribution in [0.3, 0.4) is 0 Å². The molecule has 2 rings (SSSR count). The smallest absolute Gasteiger partial charge is 0.326 e. The first-order valence-electron chi connectivity index (χ1n) is 18.2. The van der Waals surface area contributed by atoms with E-state index in [-0.39, 0.29) is 37.0 Å². The first kappa shape index (κ1) is 44.4. The van der Waals surface area contributed by atoms with Gasteiger partial charge in [-0.25, -0.2) is 4.79 Å². The number of aliphatic carboxylic acids is 1. The van der Waals surface area contributed by atoms with Crippen molar-refractivity contribution in [2.45, 2.75) is 122 Å². The van der Waals surface area contributed by atoms with Crippen molar-refractivity contribution in [2.24, 2.45) is 29.0 Å². The van der Waals surface area contributed by atoms with Crippen molar-refractivity contribution in [3.63, 3.8) is 0 Å². The Labute approximate surface area is 310 Å². The molecule has 0 spiro atoms. The molecule has 17 heteroatoms. The van der Waals surface area contributed by atoms with Gasteiger partial charge in [0.2, 0.25) is 35.4 Å². The van der Waals surface area contributed by atoms with Crippen molar-refractivity contribution in [1.82, 2.24) is 26.2 Å².